The van der Waals surface area contributed by atoms with Crippen LogP contribution in [0, 0.1) is 18.8 Å². The van der Waals surface area contributed by atoms with Gasteiger partial charge in [0.15, 0.2) is 0 Å². The predicted molar refractivity (Wildman–Crippen MR) is 59.9 cm³/mol. The van der Waals surface area contributed by atoms with Gasteiger partial charge in [-0.05, 0) is 36.0 Å². The monoisotopic (exact) mass is 192 g/mol. The van der Waals surface area contributed by atoms with Gasteiger partial charge in [-0.15, -0.1) is 0 Å². The van der Waals surface area contributed by atoms with Crippen LogP contribution in [0.25, 0.3) is 0 Å². The fourth-order valence-electron chi connectivity index (χ4n) is 1.52. The zero-order valence-corrected chi connectivity index (χ0v) is 9.49. The van der Waals surface area contributed by atoms with Crippen molar-refractivity contribution in [3.05, 3.63) is 29.6 Å². The molecule has 0 saturated carbocycles. The minimum Gasteiger partial charge on any atom is -0.324 e. The Bertz CT molecular complexity index is 294. The van der Waals surface area contributed by atoms with E-state index in [0.29, 0.717) is 11.8 Å². The fourth-order valence-corrected chi connectivity index (χ4v) is 1.52. The topological polar surface area (TPSA) is 38.9 Å². The molecule has 0 radical (unpaired) electrons. The van der Waals surface area contributed by atoms with Crippen LogP contribution in [0.5, 0.6) is 0 Å². The lowest BCUT2D eigenvalue weighted by Crippen LogP contribution is -2.24. The molecule has 1 aromatic heterocycles. The Labute approximate surface area is 86.5 Å². The first-order valence-corrected chi connectivity index (χ1v) is 5.20. The summed E-state index contributed by atoms with van der Waals surface area (Å²) in [7, 11) is 0. The maximum atomic E-state index is 6.20. The molecule has 0 aromatic carbocycles. The molecule has 0 fully saturated rings. The van der Waals surface area contributed by atoms with Gasteiger partial charge in [0.05, 0.1) is 0 Å². The van der Waals surface area contributed by atoms with Gasteiger partial charge >= 0.3 is 0 Å². The van der Waals surface area contributed by atoms with Gasteiger partial charge in [0.25, 0.3) is 0 Å². The molecule has 1 rings (SSSR count). The molecule has 0 bridgehead atoms. The van der Waals surface area contributed by atoms with Gasteiger partial charge < -0.3 is 5.73 Å². The Morgan fingerprint density at radius 1 is 1.29 bits per heavy atom. The summed E-state index contributed by atoms with van der Waals surface area (Å²) in [6.07, 6.45) is 3.70. The van der Waals surface area contributed by atoms with Crippen molar-refractivity contribution in [3.63, 3.8) is 0 Å². The number of nitrogens with zero attached hydrogens (tertiary/aromatic N) is 1. The number of aromatic nitrogens is 1. The van der Waals surface area contributed by atoms with E-state index < -0.39 is 0 Å². The highest BCUT2D eigenvalue weighted by Gasteiger charge is 2.19. The molecule has 0 aliphatic heterocycles. The second kappa shape index (κ2) is 4.56. The van der Waals surface area contributed by atoms with Gasteiger partial charge in [0.2, 0.25) is 0 Å². The summed E-state index contributed by atoms with van der Waals surface area (Å²) in [5, 5.41) is 0. The molecule has 2 unspecified atom stereocenters. The van der Waals surface area contributed by atoms with Crippen molar-refractivity contribution < 1.29 is 0 Å². The van der Waals surface area contributed by atoms with Crippen LogP contribution in [0.4, 0.5) is 0 Å². The quantitative estimate of drug-likeness (QED) is 0.799. The van der Waals surface area contributed by atoms with E-state index in [1.165, 1.54) is 11.1 Å². The number of hydrogen-bond donors (Lipinski definition) is 1. The van der Waals surface area contributed by atoms with Gasteiger partial charge in [0, 0.05) is 18.4 Å². The number of aryl methyl sites for hydroxylation is 1. The molecular formula is C12H20N2. The molecular weight excluding hydrogens is 172 g/mol. The molecule has 0 saturated heterocycles. The predicted octanol–water partition coefficient (Wildman–Crippen LogP) is 2.68. The summed E-state index contributed by atoms with van der Waals surface area (Å²) < 4.78 is 0. The van der Waals surface area contributed by atoms with Crippen LogP contribution in [-0.4, -0.2) is 4.98 Å². The largest absolute Gasteiger partial charge is 0.324 e. The van der Waals surface area contributed by atoms with Gasteiger partial charge in [-0.2, -0.15) is 0 Å². The lowest BCUT2D eigenvalue weighted by Gasteiger charge is -2.24. The Morgan fingerprint density at radius 2 is 1.93 bits per heavy atom. The van der Waals surface area contributed by atoms with E-state index in [9.17, 15) is 0 Å². The smallest absolute Gasteiger partial charge is 0.0341 e. The number of nitrogens with two attached hydrogens (primary N) is 1. The summed E-state index contributed by atoms with van der Waals surface area (Å²) in [5.74, 6) is 1.09. The van der Waals surface area contributed by atoms with Gasteiger partial charge in [0.1, 0.15) is 0 Å². The first-order chi connectivity index (χ1) is 6.54. The molecule has 0 aliphatic rings. The fraction of sp³-hybridized carbons (Fsp3) is 0.583. The Hall–Kier alpha value is -0.890. The molecule has 0 amide bonds. The van der Waals surface area contributed by atoms with Crippen molar-refractivity contribution in [3.8, 4) is 0 Å². The van der Waals surface area contributed by atoms with E-state index in [0.717, 1.165) is 0 Å². The highest BCUT2D eigenvalue weighted by molar-refractivity contribution is 5.25. The second-order valence-electron chi connectivity index (χ2n) is 4.36. The molecule has 78 valence electrons. The van der Waals surface area contributed by atoms with E-state index in [2.05, 4.69) is 32.7 Å². The molecule has 2 heteroatoms. The van der Waals surface area contributed by atoms with Crippen LogP contribution in [-0.2, 0) is 0 Å². The van der Waals surface area contributed by atoms with E-state index in [4.69, 9.17) is 5.73 Å². The zero-order valence-electron chi connectivity index (χ0n) is 9.49. The first-order valence-electron chi connectivity index (χ1n) is 5.20. The lowest BCUT2D eigenvalue weighted by molar-refractivity contribution is 0.351. The maximum Gasteiger partial charge on any atom is 0.0341 e. The molecule has 2 atom stereocenters. The summed E-state index contributed by atoms with van der Waals surface area (Å²) in [6, 6.07) is 2.12. The van der Waals surface area contributed by atoms with Crippen molar-refractivity contribution in [2.75, 3.05) is 0 Å². The number of rotatable bonds is 3. The summed E-state index contributed by atoms with van der Waals surface area (Å²) in [5.41, 5.74) is 8.61. The van der Waals surface area contributed by atoms with Crippen molar-refractivity contribution in [2.45, 2.75) is 33.7 Å². The normalized spacial score (nSPS) is 15.6. The van der Waals surface area contributed by atoms with Gasteiger partial charge in [-0.1, -0.05) is 20.8 Å². The van der Waals surface area contributed by atoms with E-state index in [1.54, 1.807) is 0 Å². The van der Waals surface area contributed by atoms with E-state index in [1.807, 2.05) is 18.5 Å². The third-order valence-electron chi connectivity index (χ3n) is 3.06. The average molecular weight is 192 g/mol. The highest BCUT2D eigenvalue weighted by Crippen LogP contribution is 2.26. The van der Waals surface area contributed by atoms with Crippen molar-refractivity contribution in [1.82, 2.24) is 4.98 Å². The third kappa shape index (κ3) is 2.32. The summed E-state index contributed by atoms with van der Waals surface area (Å²) in [4.78, 5) is 4.13. The molecule has 0 spiro atoms. The van der Waals surface area contributed by atoms with Crippen LogP contribution in [0.2, 0.25) is 0 Å². The van der Waals surface area contributed by atoms with E-state index >= 15 is 0 Å². The zero-order chi connectivity index (χ0) is 10.7. The van der Waals surface area contributed by atoms with Gasteiger partial charge in [-0.25, -0.2) is 0 Å². The van der Waals surface area contributed by atoms with Crippen molar-refractivity contribution in [1.29, 1.82) is 0 Å². The van der Waals surface area contributed by atoms with Crippen LogP contribution in [0.1, 0.15) is 37.9 Å². The Balaban J connectivity index is 2.89. The molecule has 1 aromatic rings. The van der Waals surface area contributed by atoms with Gasteiger partial charge in [-0.3, -0.25) is 4.98 Å². The summed E-state index contributed by atoms with van der Waals surface area (Å²) in [6.45, 7) is 8.69. The van der Waals surface area contributed by atoms with E-state index in [-0.39, 0.29) is 6.04 Å². The molecule has 14 heavy (non-hydrogen) atoms. The standard InChI is InChI=1S/C12H20N2/c1-8(2)10(4)12(13)11-7-14-6-5-9(11)3/h5-8,10,12H,13H2,1-4H3. The van der Waals surface area contributed by atoms with Crippen molar-refractivity contribution >= 4 is 0 Å². The molecule has 1 heterocycles. The average Bonchev–Trinajstić information content (AvgIpc) is 2.16. The van der Waals surface area contributed by atoms with Crippen LogP contribution < -0.4 is 5.73 Å². The molecule has 0 aliphatic carbocycles. The van der Waals surface area contributed by atoms with Crippen LogP contribution >= 0.6 is 0 Å². The molecule has 2 N–H and O–H groups in total. The van der Waals surface area contributed by atoms with Crippen LogP contribution in [0.15, 0.2) is 18.5 Å². The van der Waals surface area contributed by atoms with Crippen molar-refractivity contribution in [2.24, 2.45) is 17.6 Å². The molecule has 2 nitrogen and oxygen atoms in total. The Morgan fingerprint density at radius 3 is 2.43 bits per heavy atom. The lowest BCUT2D eigenvalue weighted by atomic mass is 9.86. The minimum absolute atomic E-state index is 0.101. The maximum absolute atomic E-state index is 6.20. The number of pyridine rings is 1. The minimum atomic E-state index is 0.101. The highest BCUT2D eigenvalue weighted by atomic mass is 14.7. The second-order valence-corrected chi connectivity index (χ2v) is 4.36. The Kier molecular flexibility index (Phi) is 3.64. The third-order valence-corrected chi connectivity index (χ3v) is 3.06. The SMILES string of the molecule is Cc1ccncc1C(N)C(C)C(C)C. The summed E-state index contributed by atoms with van der Waals surface area (Å²) >= 11 is 0. The number of hydrogen-bond acceptors (Lipinski definition) is 2. The van der Waals surface area contributed by atoms with Crippen LogP contribution in [0.3, 0.4) is 0 Å². The first kappa shape index (κ1) is 11.2.